The maximum Gasteiger partial charge on any atom is 0.272 e. The summed E-state index contributed by atoms with van der Waals surface area (Å²) < 4.78 is 1.92. The average molecular weight is 364 g/mol. The van der Waals surface area contributed by atoms with Crippen molar-refractivity contribution in [2.45, 2.75) is 45.1 Å². The zero-order valence-electron chi connectivity index (χ0n) is 15.9. The molecule has 2 aromatic rings. The standard InChI is InChI=1S/C21H24N4O2/c1-5-14-7-6-8-16(11-14)23-19(26)13-22-20(27)17-12-18(15-9-10-15)25(24-17)21(2,3)4/h1,6-8,11-12,15H,9-10,13H2,2-4H3,(H,22,27)(H,23,26). The molecule has 1 aliphatic carbocycles. The first kappa shape index (κ1) is 18.7. The molecule has 6 heteroatoms. The van der Waals surface area contributed by atoms with Crippen LogP contribution in [-0.4, -0.2) is 28.1 Å². The number of anilines is 1. The van der Waals surface area contributed by atoms with Crippen LogP contribution in [0.15, 0.2) is 30.3 Å². The summed E-state index contributed by atoms with van der Waals surface area (Å²) in [4.78, 5) is 24.5. The van der Waals surface area contributed by atoms with Crippen LogP contribution in [0.3, 0.4) is 0 Å². The minimum absolute atomic E-state index is 0.139. The molecule has 140 valence electrons. The molecule has 0 saturated heterocycles. The predicted octanol–water partition coefficient (Wildman–Crippen LogP) is 2.87. The number of benzene rings is 1. The molecule has 0 atom stereocenters. The lowest BCUT2D eigenvalue weighted by Gasteiger charge is -2.22. The Kier molecular flexibility index (Phi) is 5.04. The van der Waals surface area contributed by atoms with Crippen molar-refractivity contribution in [1.29, 1.82) is 0 Å². The Morgan fingerprint density at radius 3 is 2.67 bits per heavy atom. The highest BCUT2D eigenvalue weighted by molar-refractivity contribution is 5.98. The Bertz CT molecular complexity index is 911. The minimum atomic E-state index is -0.354. The summed E-state index contributed by atoms with van der Waals surface area (Å²) in [5.41, 5.74) is 2.50. The summed E-state index contributed by atoms with van der Waals surface area (Å²) in [7, 11) is 0. The van der Waals surface area contributed by atoms with Crippen LogP contribution < -0.4 is 10.6 Å². The largest absolute Gasteiger partial charge is 0.342 e. The average Bonchev–Trinajstić information content (AvgIpc) is 3.36. The third-order valence-corrected chi connectivity index (χ3v) is 4.32. The van der Waals surface area contributed by atoms with E-state index in [2.05, 4.69) is 42.4 Å². The lowest BCUT2D eigenvalue weighted by atomic mass is 10.1. The molecule has 0 aliphatic heterocycles. The molecule has 0 radical (unpaired) electrons. The smallest absolute Gasteiger partial charge is 0.272 e. The van der Waals surface area contributed by atoms with E-state index in [1.807, 2.05) is 10.7 Å². The van der Waals surface area contributed by atoms with E-state index in [1.165, 1.54) is 0 Å². The van der Waals surface area contributed by atoms with E-state index in [-0.39, 0.29) is 23.9 Å². The van der Waals surface area contributed by atoms with E-state index >= 15 is 0 Å². The van der Waals surface area contributed by atoms with Crippen molar-refractivity contribution in [2.24, 2.45) is 0 Å². The highest BCUT2D eigenvalue weighted by Crippen LogP contribution is 2.41. The van der Waals surface area contributed by atoms with Gasteiger partial charge in [0.05, 0.1) is 12.1 Å². The van der Waals surface area contributed by atoms with Crippen LogP contribution in [0, 0.1) is 12.3 Å². The van der Waals surface area contributed by atoms with Crippen molar-refractivity contribution < 1.29 is 9.59 Å². The maximum absolute atomic E-state index is 12.4. The molecule has 0 unspecified atom stereocenters. The Balaban J connectivity index is 1.62. The number of hydrogen-bond donors (Lipinski definition) is 2. The van der Waals surface area contributed by atoms with Crippen LogP contribution in [0.5, 0.6) is 0 Å². The highest BCUT2D eigenvalue weighted by Gasteiger charge is 2.32. The number of hydrogen-bond acceptors (Lipinski definition) is 3. The van der Waals surface area contributed by atoms with Gasteiger partial charge in [-0.05, 0) is 57.9 Å². The van der Waals surface area contributed by atoms with Crippen LogP contribution >= 0.6 is 0 Å². The van der Waals surface area contributed by atoms with Crippen LogP contribution in [0.2, 0.25) is 0 Å². The van der Waals surface area contributed by atoms with Gasteiger partial charge >= 0.3 is 0 Å². The molecule has 2 amide bonds. The zero-order valence-corrected chi connectivity index (χ0v) is 15.9. The number of carbonyl (C=O) groups excluding carboxylic acids is 2. The molecule has 3 rings (SSSR count). The fourth-order valence-corrected chi connectivity index (χ4v) is 2.86. The van der Waals surface area contributed by atoms with Gasteiger partial charge in [0.2, 0.25) is 5.91 Å². The molecule has 2 N–H and O–H groups in total. The third kappa shape index (κ3) is 4.56. The SMILES string of the molecule is C#Cc1cccc(NC(=O)CNC(=O)c2cc(C3CC3)n(C(C)(C)C)n2)c1. The fraction of sp³-hybridized carbons (Fsp3) is 0.381. The van der Waals surface area contributed by atoms with Gasteiger partial charge < -0.3 is 10.6 Å². The summed E-state index contributed by atoms with van der Waals surface area (Å²) in [6, 6.07) is 8.83. The summed E-state index contributed by atoms with van der Waals surface area (Å²) >= 11 is 0. The van der Waals surface area contributed by atoms with Crippen molar-refractivity contribution in [1.82, 2.24) is 15.1 Å². The number of nitrogens with one attached hydrogen (secondary N) is 2. The van der Waals surface area contributed by atoms with Gasteiger partial charge in [0.25, 0.3) is 5.91 Å². The molecular formula is C21H24N4O2. The zero-order chi connectivity index (χ0) is 19.6. The molecule has 0 bridgehead atoms. The van der Waals surface area contributed by atoms with Gasteiger partial charge in [0, 0.05) is 22.9 Å². The van der Waals surface area contributed by atoms with Gasteiger partial charge in [-0.1, -0.05) is 12.0 Å². The topological polar surface area (TPSA) is 76.0 Å². The summed E-state index contributed by atoms with van der Waals surface area (Å²) in [5, 5.41) is 9.83. The van der Waals surface area contributed by atoms with E-state index in [0.717, 1.165) is 18.5 Å². The van der Waals surface area contributed by atoms with Gasteiger partial charge in [-0.3, -0.25) is 14.3 Å². The number of carbonyl (C=O) groups is 2. The van der Waals surface area contributed by atoms with Crippen molar-refractivity contribution in [2.75, 3.05) is 11.9 Å². The maximum atomic E-state index is 12.4. The second-order valence-corrected chi connectivity index (χ2v) is 7.77. The molecular weight excluding hydrogens is 340 g/mol. The molecule has 0 spiro atoms. The van der Waals surface area contributed by atoms with E-state index in [9.17, 15) is 9.59 Å². The first-order valence-corrected chi connectivity index (χ1v) is 9.03. The van der Waals surface area contributed by atoms with E-state index < -0.39 is 0 Å². The highest BCUT2D eigenvalue weighted by atomic mass is 16.2. The van der Waals surface area contributed by atoms with E-state index in [1.54, 1.807) is 24.3 Å². The number of rotatable bonds is 5. The number of amides is 2. The molecule has 1 aliphatic rings. The Labute approximate surface area is 159 Å². The third-order valence-electron chi connectivity index (χ3n) is 4.32. The van der Waals surface area contributed by atoms with Crippen molar-refractivity contribution in [3.8, 4) is 12.3 Å². The molecule has 1 aromatic heterocycles. The number of aromatic nitrogens is 2. The van der Waals surface area contributed by atoms with Gasteiger partial charge in [-0.15, -0.1) is 6.42 Å². The van der Waals surface area contributed by atoms with Gasteiger partial charge in [0.1, 0.15) is 5.69 Å². The fourth-order valence-electron chi connectivity index (χ4n) is 2.86. The van der Waals surface area contributed by atoms with Crippen molar-refractivity contribution in [3.05, 3.63) is 47.3 Å². The van der Waals surface area contributed by atoms with Gasteiger partial charge in [-0.2, -0.15) is 5.10 Å². The second-order valence-electron chi connectivity index (χ2n) is 7.77. The molecule has 1 saturated carbocycles. The molecule has 1 aromatic carbocycles. The van der Waals surface area contributed by atoms with Crippen molar-refractivity contribution >= 4 is 17.5 Å². The molecule has 6 nitrogen and oxygen atoms in total. The van der Waals surface area contributed by atoms with Crippen LogP contribution in [0.4, 0.5) is 5.69 Å². The van der Waals surface area contributed by atoms with E-state index in [4.69, 9.17) is 6.42 Å². The molecule has 1 fully saturated rings. The van der Waals surface area contributed by atoms with Gasteiger partial charge in [0.15, 0.2) is 0 Å². The summed E-state index contributed by atoms with van der Waals surface area (Å²) in [6.45, 7) is 6.04. The first-order valence-electron chi connectivity index (χ1n) is 9.03. The van der Waals surface area contributed by atoms with Crippen LogP contribution in [0.1, 0.15) is 61.3 Å². The lowest BCUT2D eigenvalue weighted by Crippen LogP contribution is -2.33. The normalized spacial score (nSPS) is 13.7. The predicted molar refractivity (Wildman–Crippen MR) is 105 cm³/mol. The number of terminal acetylenes is 1. The Morgan fingerprint density at radius 2 is 2.04 bits per heavy atom. The van der Waals surface area contributed by atoms with E-state index in [0.29, 0.717) is 22.9 Å². The number of nitrogens with zero attached hydrogens (tertiary/aromatic N) is 2. The molecule has 27 heavy (non-hydrogen) atoms. The lowest BCUT2D eigenvalue weighted by molar-refractivity contribution is -0.115. The first-order chi connectivity index (χ1) is 12.8. The minimum Gasteiger partial charge on any atom is -0.342 e. The van der Waals surface area contributed by atoms with Gasteiger partial charge in [-0.25, -0.2) is 0 Å². The van der Waals surface area contributed by atoms with Crippen LogP contribution in [0.25, 0.3) is 0 Å². The molecule has 1 heterocycles. The Hall–Kier alpha value is -3.07. The monoisotopic (exact) mass is 364 g/mol. The van der Waals surface area contributed by atoms with Crippen molar-refractivity contribution in [3.63, 3.8) is 0 Å². The quantitative estimate of drug-likeness (QED) is 0.801. The van der Waals surface area contributed by atoms with Crippen LogP contribution in [-0.2, 0) is 10.3 Å². The Morgan fingerprint density at radius 1 is 1.30 bits per heavy atom. The second kappa shape index (κ2) is 7.28. The summed E-state index contributed by atoms with van der Waals surface area (Å²) in [6.07, 6.45) is 7.61. The summed E-state index contributed by atoms with van der Waals surface area (Å²) in [5.74, 6) is 2.31.